The molecule has 0 aromatic heterocycles. The van der Waals surface area contributed by atoms with Gasteiger partial charge in [0, 0.05) is 6.54 Å². The van der Waals surface area contributed by atoms with E-state index in [1.54, 1.807) is 57.5 Å². The van der Waals surface area contributed by atoms with Gasteiger partial charge in [0.2, 0.25) is 0 Å². The van der Waals surface area contributed by atoms with Gasteiger partial charge in [0.15, 0.2) is 17.6 Å². The van der Waals surface area contributed by atoms with Crippen molar-refractivity contribution in [3.05, 3.63) is 83.9 Å². The Kier molecular flexibility index (Phi) is 8.30. The van der Waals surface area contributed by atoms with E-state index in [4.69, 9.17) is 14.2 Å². The molecule has 1 unspecified atom stereocenters. The molecule has 0 fully saturated rings. The van der Waals surface area contributed by atoms with E-state index in [0.29, 0.717) is 41.5 Å². The van der Waals surface area contributed by atoms with Gasteiger partial charge in [0.1, 0.15) is 5.75 Å². The monoisotopic (exact) mass is 448 g/mol. The lowest BCUT2D eigenvalue weighted by atomic mass is 10.1. The Balaban J connectivity index is 1.59. The molecule has 0 spiro atoms. The number of methoxy groups -OCH3 is 2. The topological polar surface area (TPSA) is 85.9 Å². The second kappa shape index (κ2) is 11.6. The molecule has 7 heteroatoms. The molecule has 0 aliphatic carbocycles. The van der Waals surface area contributed by atoms with Crippen LogP contribution in [0.3, 0.4) is 0 Å². The predicted molar refractivity (Wildman–Crippen MR) is 127 cm³/mol. The standard InChI is InChI=1S/C26H28N2O5/c1-18(33-20-9-5-4-6-10-20)25(29)28-22-12-8-7-11-21(22)26(30)27-16-15-19-13-14-23(31-2)24(17-19)32-3/h4-14,17-18H,15-16H2,1-3H3,(H,27,30)(H,28,29). The number of nitrogens with one attached hydrogen (secondary N) is 2. The molecule has 0 bridgehead atoms. The van der Waals surface area contributed by atoms with Crippen LogP contribution in [0.15, 0.2) is 72.8 Å². The summed E-state index contributed by atoms with van der Waals surface area (Å²) < 4.78 is 16.2. The van der Waals surface area contributed by atoms with Crippen molar-refractivity contribution in [2.75, 3.05) is 26.1 Å². The van der Waals surface area contributed by atoms with Crippen LogP contribution in [-0.2, 0) is 11.2 Å². The van der Waals surface area contributed by atoms with Crippen LogP contribution in [0.1, 0.15) is 22.8 Å². The smallest absolute Gasteiger partial charge is 0.265 e. The van der Waals surface area contributed by atoms with Crippen LogP contribution in [0.4, 0.5) is 5.69 Å². The minimum atomic E-state index is -0.728. The van der Waals surface area contributed by atoms with E-state index in [1.807, 2.05) is 36.4 Å². The quantitative estimate of drug-likeness (QED) is 0.488. The lowest BCUT2D eigenvalue weighted by Crippen LogP contribution is -2.32. The van der Waals surface area contributed by atoms with Crippen molar-refractivity contribution in [2.45, 2.75) is 19.4 Å². The lowest BCUT2D eigenvalue weighted by Gasteiger charge is -2.16. The first-order chi connectivity index (χ1) is 16.0. The van der Waals surface area contributed by atoms with Gasteiger partial charge < -0.3 is 24.8 Å². The summed E-state index contributed by atoms with van der Waals surface area (Å²) in [7, 11) is 3.17. The molecule has 0 saturated heterocycles. The third-order valence-corrected chi connectivity index (χ3v) is 5.00. The van der Waals surface area contributed by atoms with E-state index < -0.39 is 6.10 Å². The van der Waals surface area contributed by atoms with Crippen molar-refractivity contribution in [2.24, 2.45) is 0 Å². The highest BCUT2D eigenvalue weighted by atomic mass is 16.5. The number of carbonyl (C=O) groups is 2. The number of hydrogen-bond acceptors (Lipinski definition) is 5. The molecule has 0 radical (unpaired) electrons. The number of hydrogen-bond donors (Lipinski definition) is 2. The molecular formula is C26H28N2O5. The van der Waals surface area contributed by atoms with Gasteiger partial charge in [-0.2, -0.15) is 0 Å². The van der Waals surface area contributed by atoms with Gasteiger partial charge in [-0.15, -0.1) is 0 Å². The molecule has 3 rings (SSSR count). The first-order valence-electron chi connectivity index (χ1n) is 10.6. The van der Waals surface area contributed by atoms with Crippen molar-refractivity contribution in [1.82, 2.24) is 5.32 Å². The number of anilines is 1. The highest BCUT2D eigenvalue weighted by Crippen LogP contribution is 2.27. The molecular weight excluding hydrogens is 420 g/mol. The summed E-state index contributed by atoms with van der Waals surface area (Å²) in [5.41, 5.74) is 1.81. The summed E-state index contributed by atoms with van der Waals surface area (Å²) in [6.45, 7) is 2.08. The van der Waals surface area contributed by atoms with E-state index >= 15 is 0 Å². The van der Waals surface area contributed by atoms with Crippen molar-refractivity contribution in [3.8, 4) is 17.2 Å². The van der Waals surface area contributed by atoms with E-state index in [9.17, 15) is 9.59 Å². The highest BCUT2D eigenvalue weighted by molar-refractivity contribution is 6.04. The van der Waals surface area contributed by atoms with Gasteiger partial charge in [-0.25, -0.2) is 0 Å². The summed E-state index contributed by atoms with van der Waals surface area (Å²) in [5, 5.41) is 5.69. The molecule has 3 aromatic rings. The van der Waals surface area contributed by atoms with Gasteiger partial charge in [-0.1, -0.05) is 36.4 Å². The maximum absolute atomic E-state index is 12.8. The van der Waals surface area contributed by atoms with E-state index in [0.717, 1.165) is 5.56 Å². The summed E-state index contributed by atoms with van der Waals surface area (Å²) in [6, 6.07) is 21.6. The van der Waals surface area contributed by atoms with E-state index in [-0.39, 0.29) is 11.8 Å². The summed E-state index contributed by atoms with van der Waals surface area (Å²) in [4.78, 5) is 25.4. The van der Waals surface area contributed by atoms with Crippen molar-refractivity contribution in [1.29, 1.82) is 0 Å². The zero-order valence-corrected chi connectivity index (χ0v) is 19.0. The molecule has 0 heterocycles. The molecule has 2 amide bonds. The first-order valence-corrected chi connectivity index (χ1v) is 10.6. The Labute approximate surface area is 193 Å². The first kappa shape index (κ1) is 23.7. The number of benzene rings is 3. The Morgan fingerprint density at radius 3 is 2.30 bits per heavy atom. The van der Waals surface area contributed by atoms with Gasteiger partial charge in [0.25, 0.3) is 11.8 Å². The van der Waals surface area contributed by atoms with Crippen LogP contribution in [-0.4, -0.2) is 38.7 Å². The molecule has 7 nitrogen and oxygen atoms in total. The molecule has 1 atom stereocenters. The zero-order valence-electron chi connectivity index (χ0n) is 19.0. The predicted octanol–water partition coefficient (Wildman–Crippen LogP) is 4.08. The van der Waals surface area contributed by atoms with Crippen LogP contribution < -0.4 is 24.8 Å². The fourth-order valence-corrected chi connectivity index (χ4v) is 3.23. The fourth-order valence-electron chi connectivity index (χ4n) is 3.23. The average Bonchev–Trinajstić information content (AvgIpc) is 2.84. The van der Waals surface area contributed by atoms with E-state index in [1.165, 1.54) is 0 Å². The van der Waals surface area contributed by atoms with E-state index in [2.05, 4.69) is 10.6 Å². The third-order valence-electron chi connectivity index (χ3n) is 5.00. The van der Waals surface area contributed by atoms with Crippen LogP contribution in [0.2, 0.25) is 0 Å². The minimum Gasteiger partial charge on any atom is -0.493 e. The van der Waals surface area contributed by atoms with Crippen LogP contribution in [0, 0.1) is 0 Å². The number of amides is 2. The Morgan fingerprint density at radius 2 is 1.58 bits per heavy atom. The van der Waals surface area contributed by atoms with Crippen molar-refractivity contribution >= 4 is 17.5 Å². The van der Waals surface area contributed by atoms with Gasteiger partial charge >= 0.3 is 0 Å². The molecule has 2 N–H and O–H groups in total. The Hall–Kier alpha value is -4.00. The second-order valence-electron chi connectivity index (χ2n) is 7.30. The minimum absolute atomic E-state index is 0.275. The van der Waals surface area contributed by atoms with Crippen molar-refractivity contribution < 1.29 is 23.8 Å². The van der Waals surface area contributed by atoms with Gasteiger partial charge in [-0.3, -0.25) is 9.59 Å². The normalized spacial score (nSPS) is 11.2. The summed E-state index contributed by atoms with van der Waals surface area (Å²) in [5.74, 6) is 1.27. The lowest BCUT2D eigenvalue weighted by molar-refractivity contribution is -0.122. The molecule has 0 aliphatic heterocycles. The largest absolute Gasteiger partial charge is 0.493 e. The van der Waals surface area contributed by atoms with Gasteiger partial charge in [0.05, 0.1) is 25.5 Å². The van der Waals surface area contributed by atoms with Gasteiger partial charge in [-0.05, 0) is 55.3 Å². The summed E-state index contributed by atoms with van der Waals surface area (Å²) in [6.07, 6.45) is -0.115. The Bertz CT molecular complexity index is 1090. The molecule has 3 aromatic carbocycles. The number of carbonyl (C=O) groups excluding carboxylic acids is 2. The maximum Gasteiger partial charge on any atom is 0.265 e. The third kappa shape index (κ3) is 6.49. The molecule has 33 heavy (non-hydrogen) atoms. The zero-order chi connectivity index (χ0) is 23.6. The fraction of sp³-hybridized carbons (Fsp3) is 0.231. The second-order valence-corrected chi connectivity index (χ2v) is 7.30. The number of para-hydroxylation sites is 2. The van der Waals surface area contributed by atoms with Crippen LogP contribution in [0.25, 0.3) is 0 Å². The van der Waals surface area contributed by atoms with Crippen molar-refractivity contribution in [3.63, 3.8) is 0 Å². The maximum atomic E-state index is 12.8. The Morgan fingerprint density at radius 1 is 0.879 bits per heavy atom. The average molecular weight is 449 g/mol. The SMILES string of the molecule is COc1ccc(CCNC(=O)c2ccccc2NC(=O)C(C)Oc2ccccc2)cc1OC. The number of ether oxygens (including phenoxy) is 3. The van der Waals surface area contributed by atoms with Crippen LogP contribution >= 0.6 is 0 Å². The number of rotatable bonds is 10. The van der Waals surface area contributed by atoms with Crippen LogP contribution in [0.5, 0.6) is 17.2 Å². The molecule has 0 aliphatic rings. The molecule has 0 saturated carbocycles. The summed E-state index contributed by atoms with van der Waals surface area (Å²) >= 11 is 0. The highest BCUT2D eigenvalue weighted by Gasteiger charge is 2.18. The molecule has 172 valence electrons.